The lowest BCUT2D eigenvalue weighted by atomic mass is 10.1. The van der Waals surface area contributed by atoms with Gasteiger partial charge in [-0.1, -0.05) is 13.8 Å². The third kappa shape index (κ3) is 5.19. The fraction of sp³-hybridized carbons (Fsp3) is 0.750. The fourth-order valence-electron chi connectivity index (χ4n) is 0.691. The Morgan fingerprint density at radius 2 is 1.38 bits per heavy atom. The first-order chi connectivity index (χ1) is 5.95. The second-order valence-corrected chi connectivity index (χ2v) is 3.14. The minimum Gasteiger partial charge on any atom is -0.481 e. The van der Waals surface area contributed by atoms with Crippen molar-refractivity contribution in [1.82, 2.24) is 5.32 Å². The van der Waals surface area contributed by atoms with E-state index in [0.29, 0.717) is 13.1 Å². The van der Waals surface area contributed by atoms with E-state index >= 15 is 0 Å². The first kappa shape index (κ1) is 11.9. The molecule has 3 N–H and O–H groups in total. The van der Waals surface area contributed by atoms with Gasteiger partial charge in [0, 0.05) is 13.1 Å². The zero-order valence-corrected chi connectivity index (χ0v) is 7.78. The van der Waals surface area contributed by atoms with Gasteiger partial charge in [0.05, 0.1) is 11.8 Å². The Labute approximate surface area is 76.8 Å². The topological polar surface area (TPSA) is 86.6 Å². The predicted molar refractivity (Wildman–Crippen MR) is 46.5 cm³/mol. The smallest absolute Gasteiger partial charge is 0.307 e. The van der Waals surface area contributed by atoms with Crippen LogP contribution in [-0.4, -0.2) is 35.2 Å². The Morgan fingerprint density at radius 1 is 1.08 bits per heavy atom. The van der Waals surface area contributed by atoms with Crippen LogP contribution in [0.4, 0.5) is 0 Å². The molecule has 2 atom stereocenters. The number of hydrogen-bond acceptors (Lipinski definition) is 3. The Morgan fingerprint density at radius 3 is 1.62 bits per heavy atom. The van der Waals surface area contributed by atoms with E-state index in [0.717, 1.165) is 0 Å². The highest BCUT2D eigenvalue weighted by Gasteiger charge is 2.13. The number of carbonyl (C=O) groups is 2. The predicted octanol–water partition coefficient (Wildman–Crippen LogP) is 0.0174. The van der Waals surface area contributed by atoms with Crippen molar-refractivity contribution in [3.8, 4) is 0 Å². The monoisotopic (exact) mass is 189 g/mol. The molecule has 0 spiro atoms. The van der Waals surface area contributed by atoms with Crippen molar-refractivity contribution in [2.24, 2.45) is 11.8 Å². The highest BCUT2D eigenvalue weighted by atomic mass is 16.4. The van der Waals surface area contributed by atoms with E-state index in [-0.39, 0.29) is 0 Å². The van der Waals surface area contributed by atoms with Gasteiger partial charge in [-0.2, -0.15) is 0 Å². The molecular formula is C8H15NO4. The van der Waals surface area contributed by atoms with Crippen LogP contribution in [-0.2, 0) is 9.59 Å². The lowest BCUT2D eigenvalue weighted by molar-refractivity contribution is -0.141. The number of aliphatic carboxylic acids is 2. The summed E-state index contributed by atoms with van der Waals surface area (Å²) in [5, 5.41) is 19.8. The first-order valence-electron chi connectivity index (χ1n) is 4.11. The van der Waals surface area contributed by atoms with Gasteiger partial charge in [-0.3, -0.25) is 9.59 Å². The summed E-state index contributed by atoms with van der Waals surface area (Å²) >= 11 is 0. The number of rotatable bonds is 6. The zero-order valence-electron chi connectivity index (χ0n) is 7.78. The number of carboxylic acids is 2. The number of hydrogen-bond donors (Lipinski definition) is 3. The molecule has 0 aromatic rings. The molecule has 5 nitrogen and oxygen atoms in total. The maximum atomic E-state index is 10.4. The number of nitrogens with one attached hydrogen (secondary N) is 1. The van der Waals surface area contributed by atoms with Crippen molar-refractivity contribution in [2.75, 3.05) is 13.1 Å². The van der Waals surface area contributed by atoms with Crippen molar-refractivity contribution >= 4 is 11.9 Å². The van der Waals surface area contributed by atoms with Crippen molar-refractivity contribution in [3.63, 3.8) is 0 Å². The summed E-state index contributed by atoms with van der Waals surface area (Å²) in [5.41, 5.74) is 0. The van der Waals surface area contributed by atoms with Crippen LogP contribution < -0.4 is 5.32 Å². The SMILES string of the molecule is CC(CNCC(C)C(=O)O)C(=O)O. The lowest BCUT2D eigenvalue weighted by Gasteiger charge is -2.10. The minimum absolute atomic E-state index is 0.299. The van der Waals surface area contributed by atoms with Crippen LogP contribution in [0.1, 0.15) is 13.8 Å². The molecule has 0 radical (unpaired) electrons. The van der Waals surface area contributed by atoms with Crippen LogP contribution in [0.25, 0.3) is 0 Å². The van der Waals surface area contributed by atoms with E-state index in [1.807, 2.05) is 0 Å². The molecule has 0 rings (SSSR count). The molecule has 0 aliphatic rings. The van der Waals surface area contributed by atoms with Crippen LogP contribution >= 0.6 is 0 Å². The Bertz CT molecular complexity index is 173. The van der Waals surface area contributed by atoms with Gasteiger partial charge < -0.3 is 15.5 Å². The summed E-state index contributed by atoms with van der Waals surface area (Å²) < 4.78 is 0. The molecule has 0 fully saturated rings. The minimum atomic E-state index is -0.879. The molecule has 0 heterocycles. The van der Waals surface area contributed by atoms with Crippen molar-refractivity contribution in [1.29, 1.82) is 0 Å². The molecule has 2 unspecified atom stereocenters. The third-order valence-electron chi connectivity index (χ3n) is 1.74. The number of carboxylic acid groups (broad SMARTS) is 2. The van der Waals surface area contributed by atoms with Crippen LogP contribution in [0.15, 0.2) is 0 Å². The zero-order chi connectivity index (χ0) is 10.4. The van der Waals surface area contributed by atoms with Crippen LogP contribution in [0, 0.1) is 11.8 Å². The molecule has 0 saturated heterocycles. The van der Waals surface area contributed by atoms with Gasteiger partial charge >= 0.3 is 11.9 Å². The van der Waals surface area contributed by atoms with Gasteiger partial charge in [-0.25, -0.2) is 0 Å². The quantitative estimate of drug-likeness (QED) is 0.548. The Hall–Kier alpha value is -1.10. The van der Waals surface area contributed by atoms with Crippen molar-refractivity contribution in [2.45, 2.75) is 13.8 Å². The highest BCUT2D eigenvalue weighted by Crippen LogP contribution is 1.94. The molecular weight excluding hydrogens is 174 g/mol. The maximum absolute atomic E-state index is 10.4. The van der Waals surface area contributed by atoms with Crippen LogP contribution in [0.2, 0.25) is 0 Å². The largest absolute Gasteiger partial charge is 0.481 e. The van der Waals surface area contributed by atoms with E-state index in [2.05, 4.69) is 5.32 Å². The molecule has 0 aliphatic heterocycles. The van der Waals surface area contributed by atoms with Crippen molar-refractivity contribution < 1.29 is 19.8 Å². The molecule has 76 valence electrons. The Kier molecular flexibility index (Phi) is 5.06. The summed E-state index contributed by atoms with van der Waals surface area (Å²) in [7, 11) is 0. The van der Waals surface area contributed by atoms with Gasteiger partial charge in [0.25, 0.3) is 0 Å². The standard InChI is InChI=1S/C8H15NO4/c1-5(7(10)11)3-9-4-6(2)8(12)13/h5-6,9H,3-4H2,1-2H3,(H,10,11)(H,12,13). The van der Waals surface area contributed by atoms with Crippen LogP contribution in [0.5, 0.6) is 0 Å². The van der Waals surface area contributed by atoms with Crippen LogP contribution in [0.3, 0.4) is 0 Å². The van der Waals surface area contributed by atoms with Gasteiger partial charge in [0.15, 0.2) is 0 Å². The molecule has 13 heavy (non-hydrogen) atoms. The average Bonchev–Trinajstić information content (AvgIpc) is 2.03. The summed E-state index contributed by atoms with van der Waals surface area (Å²) in [6.07, 6.45) is 0. The highest BCUT2D eigenvalue weighted by molar-refractivity contribution is 5.70. The maximum Gasteiger partial charge on any atom is 0.307 e. The van der Waals surface area contributed by atoms with Gasteiger partial charge in [0.1, 0.15) is 0 Å². The molecule has 5 heteroatoms. The van der Waals surface area contributed by atoms with Gasteiger partial charge in [-0.15, -0.1) is 0 Å². The normalized spacial score (nSPS) is 14.9. The molecule has 0 aromatic heterocycles. The van der Waals surface area contributed by atoms with E-state index in [9.17, 15) is 9.59 Å². The summed E-state index contributed by atoms with van der Waals surface area (Å²) in [4.78, 5) is 20.7. The summed E-state index contributed by atoms with van der Waals surface area (Å²) in [6, 6.07) is 0. The third-order valence-corrected chi connectivity index (χ3v) is 1.74. The molecule has 0 saturated carbocycles. The second kappa shape index (κ2) is 5.53. The van der Waals surface area contributed by atoms with Gasteiger partial charge in [-0.05, 0) is 0 Å². The Balaban J connectivity index is 3.56. The van der Waals surface area contributed by atoms with E-state index in [4.69, 9.17) is 10.2 Å². The molecule has 0 aliphatic carbocycles. The lowest BCUT2D eigenvalue weighted by Crippen LogP contribution is -2.32. The van der Waals surface area contributed by atoms with E-state index < -0.39 is 23.8 Å². The molecule has 0 bridgehead atoms. The summed E-state index contributed by atoms with van der Waals surface area (Å²) in [6.45, 7) is 3.74. The first-order valence-corrected chi connectivity index (χ1v) is 4.11. The fourth-order valence-corrected chi connectivity index (χ4v) is 0.691. The summed E-state index contributed by atoms with van der Waals surface area (Å²) in [5.74, 6) is -2.73. The molecule has 0 aromatic carbocycles. The second-order valence-electron chi connectivity index (χ2n) is 3.14. The molecule has 0 amide bonds. The average molecular weight is 189 g/mol. The van der Waals surface area contributed by atoms with E-state index in [1.54, 1.807) is 13.8 Å². The van der Waals surface area contributed by atoms with E-state index in [1.165, 1.54) is 0 Å². The van der Waals surface area contributed by atoms with Gasteiger partial charge in [0.2, 0.25) is 0 Å². The van der Waals surface area contributed by atoms with Crippen molar-refractivity contribution in [3.05, 3.63) is 0 Å².